The van der Waals surface area contributed by atoms with Crippen molar-refractivity contribution in [2.24, 2.45) is 14.1 Å². The normalized spacial score (nSPS) is 11.1. The molecule has 0 aliphatic heterocycles. The van der Waals surface area contributed by atoms with Crippen LogP contribution in [0.25, 0.3) is 11.2 Å². The SMILES string of the molecule is C=C(C)Cn1c(NCc2ccc(C)cc2)nc2c1c(=O)n(C)c(=O)n2C. The molecule has 2 heterocycles. The number of hydrogen-bond donors (Lipinski definition) is 1. The summed E-state index contributed by atoms with van der Waals surface area (Å²) in [5.41, 5.74) is 3.19. The van der Waals surface area contributed by atoms with Gasteiger partial charge in [-0.2, -0.15) is 4.98 Å². The van der Waals surface area contributed by atoms with Gasteiger partial charge in [0.1, 0.15) is 0 Å². The molecule has 1 aromatic carbocycles. The van der Waals surface area contributed by atoms with Crippen molar-refractivity contribution >= 4 is 17.1 Å². The van der Waals surface area contributed by atoms with Crippen LogP contribution in [0.2, 0.25) is 0 Å². The molecule has 7 heteroatoms. The van der Waals surface area contributed by atoms with E-state index in [1.54, 1.807) is 11.6 Å². The number of hydrogen-bond acceptors (Lipinski definition) is 4. The summed E-state index contributed by atoms with van der Waals surface area (Å²) in [5.74, 6) is 0.543. The van der Waals surface area contributed by atoms with Crippen LogP contribution < -0.4 is 16.6 Å². The highest BCUT2D eigenvalue weighted by atomic mass is 16.2. The number of nitrogens with zero attached hydrogens (tertiary/aromatic N) is 4. The molecule has 3 aromatic rings. The maximum atomic E-state index is 12.7. The molecule has 0 saturated heterocycles. The van der Waals surface area contributed by atoms with E-state index in [9.17, 15) is 9.59 Å². The molecule has 0 bridgehead atoms. The second-order valence-electron chi connectivity index (χ2n) is 6.70. The third-order valence-electron chi connectivity index (χ3n) is 4.35. The molecule has 1 N–H and O–H groups in total. The van der Waals surface area contributed by atoms with E-state index in [4.69, 9.17) is 0 Å². The van der Waals surface area contributed by atoms with E-state index in [2.05, 4.69) is 16.9 Å². The Hall–Kier alpha value is -3.09. The maximum absolute atomic E-state index is 12.7. The zero-order valence-electron chi connectivity index (χ0n) is 15.5. The van der Waals surface area contributed by atoms with Crippen LogP contribution in [0, 0.1) is 6.92 Å². The number of aromatic nitrogens is 4. The van der Waals surface area contributed by atoms with Gasteiger partial charge < -0.3 is 9.88 Å². The summed E-state index contributed by atoms with van der Waals surface area (Å²) >= 11 is 0. The van der Waals surface area contributed by atoms with Crippen molar-refractivity contribution in [3.05, 3.63) is 68.4 Å². The van der Waals surface area contributed by atoms with Crippen LogP contribution in [0.5, 0.6) is 0 Å². The Balaban J connectivity index is 2.11. The Morgan fingerprint density at radius 1 is 1.15 bits per heavy atom. The molecule has 0 radical (unpaired) electrons. The molecule has 0 spiro atoms. The van der Waals surface area contributed by atoms with Crippen LogP contribution in [0.15, 0.2) is 46.0 Å². The van der Waals surface area contributed by atoms with Gasteiger partial charge in [0.15, 0.2) is 11.2 Å². The number of imidazole rings is 1. The van der Waals surface area contributed by atoms with E-state index in [1.165, 1.54) is 17.2 Å². The lowest BCUT2D eigenvalue weighted by Gasteiger charge is -2.11. The van der Waals surface area contributed by atoms with Gasteiger partial charge in [0.25, 0.3) is 5.56 Å². The molecule has 0 amide bonds. The zero-order valence-corrected chi connectivity index (χ0v) is 15.5. The molecule has 0 aliphatic rings. The Morgan fingerprint density at radius 2 is 1.81 bits per heavy atom. The van der Waals surface area contributed by atoms with E-state index in [0.717, 1.165) is 15.7 Å². The van der Waals surface area contributed by atoms with Gasteiger partial charge in [-0.3, -0.25) is 13.9 Å². The number of nitrogens with one attached hydrogen (secondary N) is 1. The Labute approximate surface area is 151 Å². The van der Waals surface area contributed by atoms with E-state index in [0.29, 0.717) is 30.2 Å². The van der Waals surface area contributed by atoms with E-state index in [-0.39, 0.29) is 5.56 Å². The molecule has 0 saturated carbocycles. The van der Waals surface area contributed by atoms with Crippen LogP contribution in [-0.4, -0.2) is 18.7 Å². The highest BCUT2D eigenvalue weighted by Gasteiger charge is 2.18. The van der Waals surface area contributed by atoms with Crippen molar-refractivity contribution < 1.29 is 0 Å². The first-order chi connectivity index (χ1) is 12.3. The Morgan fingerprint density at radius 3 is 2.42 bits per heavy atom. The number of benzene rings is 1. The summed E-state index contributed by atoms with van der Waals surface area (Å²) in [6, 6.07) is 8.19. The largest absolute Gasteiger partial charge is 0.351 e. The summed E-state index contributed by atoms with van der Waals surface area (Å²) in [4.78, 5) is 29.4. The predicted octanol–water partition coefficient (Wildman–Crippen LogP) is 1.93. The van der Waals surface area contributed by atoms with Crippen LogP contribution in [0.3, 0.4) is 0 Å². The first kappa shape index (κ1) is 17.7. The summed E-state index contributed by atoms with van der Waals surface area (Å²) in [6.45, 7) is 8.88. The van der Waals surface area contributed by atoms with E-state index in [1.807, 2.05) is 38.1 Å². The lowest BCUT2D eigenvalue weighted by molar-refractivity contribution is 0.702. The summed E-state index contributed by atoms with van der Waals surface area (Å²) in [5, 5.41) is 3.28. The topological polar surface area (TPSA) is 73.8 Å². The lowest BCUT2D eigenvalue weighted by Crippen LogP contribution is -2.37. The first-order valence-electron chi connectivity index (χ1n) is 8.39. The lowest BCUT2D eigenvalue weighted by atomic mass is 10.1. The molecule has 26 heavy (non-hydrogen) atoms. The average molecular weight is 353 g/mol. The van der Waals surface area contributed by atoms with Crippen LogP contribution >= 0.6 is 0 Å². The molecule has 7 nitrogen and oxygen atoms in total. The second-order valence-corrected chi connectivity index (χ2v) is 6.70. The zero-order chi connectivity index (χ0) is 19.0. The average Bonchev–Trinajstić information content (AvgIpc) is 2.95. The third-order valence-corrected chi connectivity index (χ3v) is 4.35. The van der Waals surface area contributed by atoms with Crippen molar-refractivity contribution in [1.82, 2.24) is 18.7 Å². The van der Waals surface area contributed by atoms with Gasteiger partial charge in [-0.15, -0.1) is 0 Å². The van der Waals surface area contributed by atoms with Gasteiger partial charge in [-0.1, -0.05) is 42.0 Å². The minimum atomic E-state index is -0.396. The van der Waals surface area contributed by atoms with E-state index < -0.39 is 5.69 Å². The molecule has 0 atom stereocenters. The smallest absolute Gasteiger partial charge is 0.332 e. The second kappa shape index (κ2) is 6.67. The van der Waals surface area contributed by atoms with Crippen molar-refractivity contribution in [3.63, 3.8) is 0 Å². The number of rotatable bonds is 5. The highest BCUT2D eigenvalue weighted by molar-refractivity contribution is 5.74. The van der Waals surface area contributed by atoms with Gasteiger partial charge >= 0.3 is 5.69 Å². The van der Waals surface area contributed by atoms with Gasteiger partial charge in [-0.05, 0) is 19.4 Å². The highest BCUT2D eigenvalue weighted by Crippen LogP contribution is 2.18. The van der Waals surface area contributed by atoms with Crippen LogP contribution in [-0.2, 0) is 27.2 Å². The molecule has 2 aromatic heterocycles. The minimum absolute atomic E-state index is 0.361. The van der Waals surface area contributed by atoms with Crippen molar-refractivity contribution in [3.8, 4) is 0 Å². The molecule has 136 valence electrons. The fraction of sp³-hybridized carbons (Fsp3) is 0.316. The van der Waals surface area contributed by atoms with Gasteiger partial charge in [0.05, 0.1) is 0 Å². The van der Waals surface area contributed by atoms with E-state index >= 15 is 0 Å². The number of fused-ring (bicyclic) bond motifs is 1. The third kappa shape index (κ3) is 3.08. The quantitative estimate of drug-likeness (QED) is 0.712. The Bertz CT molecular complexity index is 1100. The van der Waals surface area contributed by atoms with Gasteiger partial charge in [-0.25, -0.2) is 4.79 Å². The fourth-order valence-electron chi connectivity index (χ4n) is 2.89. The fourth-order valence-corrected chi connectivity index (χ4v) is 2.89. The molecule has 0 aliphatic carbocycles. The van der Waals surface area contributed by atoms with Crippen molar-refractivity contribution in [1.29, 1.82) is 0 Å². The summed E-state index contributed by atoms with van der Waals surface area (Å²) < 4.78 is 4.28. The standard InChI is InChI=1S/C19H23N5O2/c1-12(2)11-24-15-16(22(4)19(26)23(5)17(15)25)21-18(24)20-10-14-8-6-13(3)7-9-14/h6-9H,1,10-11H2,2-5H3,(H,20,21). The van der Waals surface area contributed by atoms with Crippen LogP contribution in [0.4, 0.5) is 5.95 Å². The molecular formula is C19H23N5O2. The van der Waals surface area contributed by atoms with Crippen molar-refractivity contribution in [2.75, 3.05) is 5.32 Å². The van der Waals surface area contributed by atoms with Crippen LogP contribution in [0.1, 0.15) is 18.1 Å². The summed E-state index contributed by atoms with van der Waals surface area (Å²) in [6.07, 6.45) is 0. The molecule has 3 rings (SSSR count). The number of aryl methyl sites for hydroxylation is 2. The van der Waals surface area contributed by atoms with Gasteiger partial charge in [0.2, 0.25) is 5.95 Å². The monoisotopic (exact) mass is 353 g/mol. The molecule has 0 fully saturated rings. The van der Waals surface area contributed by atoms with Crippen molar-refractivity contribution in [2.45, 2.75) is 26.9 Å². The first-order valence-corrected chi connectivity index (χ1v) is 8.39. The number of anilines is 1. The molecule has 0 unspecified atom stereocenters. The summed E-state index contributed by atoms with van der Waals surface area (Å²) in [7, 11) is 3.09. The predicted molar refractivity (Wildman–Crippen MR) is 104 cm³/mol. The minimum Gasteiger partial charge on any atom is -0.351 e. The molecular weight excluding hydrogens is 330 g/mol. The maximum Gasteiger partial charge on any atom is 0.332 e. The Kier molecular flexibility index (Phi) is 4.54. The number of allylic oxidation sites excluding steroid dienone is 1. The van der Waals surface area contributed by atoms with Gasteiger partial charge in [0, 0.05) is 27.2 Å².